The molecule has 0 unspecified atom stereocenters. The lowest BCUT2D eigenvalue weighted by Gasteiger charge is -2.31. The van der Waals surface area contributed by atoms with Gasteiger partial charge in [0.2, 0.25) is 0 Å². The summed E-state index contributed by atoms with van der Waals surface area (Å²) in [5, 5.41) is 0. The van der Waals surface area contributed by atoms with Gasteiger partial charge in [0.15, 0.2) is 5.78 Å². The van der Waals surface area contributed by atoms with Crippen molar-refractivity contribution in [3.8, 4) is 5.75 Å². The van der Waals surface area contributed by atoms with Crippen LogP contribution in [0.15, 0.2) is 35.4 Å². The van der Waals surface area contributed by atoms with E-state index in [1.54, 1.807) is 7.11 Å². The molecule has 1 fully saturated rings. The van der Waals surface area contributed by atoms with Crippen LogP contribution in [0, 0.1) is 5.41 Å². The molecule has 0 amide bonds. The number of methoxy groups -OCH3 is 1. The zero-order valence-corrected chi connectivity index (χ0v) is 13.3. The molecule has 3 nitrogen and oxygen atoms in total. The van der Waals surface area contributed by atoms with Gasteiger partial charge in [0.1, 0.15) is 11.5 Å². The third-order valence-corrected chi connectivity index (χ3v) is 5.23. The second kappa shape index (κ2) is 5.71. The third kappa shape index (κ3) is 2.49. The first-order chi connectivity index (χ1) is 10.5. The average molecular weight is 298 g/mol. The van der Waals surface area contributed by atoms with Gasteiger partial charge in [0.25, 0.3) is 0 Å². The smallest absolute Gasteiger partial charge is 0.158 e. The SMILES string of the molecule is COc1cccc(CCC2=C3CCC(=O)[C@]3(C)CCC2=O)c1. The summed E-state index contributed by atoms with van der Waals surface area (Å²) in [7, 11) is 1.66. The number of carbonyl (C=O) groups is 2. The van der Waals surface area contributed by atoms with Crippen LogP contribution >= 0.6 is 0 Å². The molecule has 1 atom stereocenters. The van der Waals surface area contributed by atoms with Crippen LogP contribution in [-0.2, 0) is 16.0 Å². The molecule has 0 bridgehead atoms. The van der Waals surface area contributed by atoms with Crippen LogP contribution in [0.1, 0.15) is 44.6 Å². The minimum atomic E-state index is -0.363. The molecule has 0 radical (unpaired) electrons. The molecular formula is C19H22O3. The molecule has 1 saturated carbocycles. The van der Waals surface area contributed by atoms with Crippen LogP contribution in [0.4, 0.5) is 0 Å². The number of aryl methyl sites for hydroxylation is 1. The average Bonchev–Trinajstić information content (AvgIpc) is 2.83. The predicted octanol–water partition coefficient (Wildman–Crippen LogP) is 3.66. The zero-order chi connectivity index (χ0) is 15.7. The van der Waals surface area contributed by atoms with Crippen LogP contribution < -0.4 is 4.74 Å². The summed E-state index contributed by atoms with van der Waals surface area (Å²) in [5.74, 6) is 1.39. The van der Waals surface area contributed by atoms with Crippen LogP contribution in [0.5, 0.6) is 5.75 Å². The van der Waals surface area contributed by atoms with Gasteiger partial charge in [-0.15, -0.1) is 0 Å². The van der Waals surface area contributed by atoms with Crippen molar-refractivity contribution < 1.29 is 14.3 Å². The number of ketones is 2. The van der Waals surface area contributed by atoms with Gasteiger partial charge in [-0.2, -0.15) is 0 Å². The molecule has 3 heteroatoms. The van der Waals surface area contributed by atoms with Gasteiger partial charge in [-0.05, 0) is 61.4 Å². The maximum Gasteiger partial charge on any atom is 0.158 e. The number of allylic oxidation sites excluding steroid dienone is 2. The molecule has 0 aromatic heterocycles. The van der Waals surface area contributed by atoms with Crippen molar-refractivity contribution in [2.24, 2.45) is 5.41 Å². The largest absolute Gasteiger partial charge is 0.497 e. The molecule has 0 heterocycles. The molecule has 1 aromatic rings. The second-order valence-electron chi connectivity index (χ2n) is 6.49. The van der Waals surface area contributed by atoms with Gasteiger partial charge in [-0.3, -0.25) is 9.59 Å². The fraction of sp³-hybridized carbons (Fsp3) is 0.474. The topological polar surface area (TPSA) is 43.4 Å². The van der Waals surface area contributed by atoms with E-state index in [4.69, 9.17) is 4.74 Å². The van der Waals surface area contributed by atoms with Crippen molar-refractivity contribution in [2.75, 3.05) is 7.11 Å². The Bertz CT molecular complexity index is 656. The van der Waals surface area contributed by atoms with Crippen molar-refractivity contribution in [3.63, 3.8) is 0 Å². The summed E-state index contributed by atoms with van der Waals surface area (Å²) < 4.78 is 5.24. The maximum atomic E-state index is 12.3. The number of hydrogen-bond donors (Lipinski definition) is 0. The Morgan fingerprint density at radius 3 is 2.73 bits per heavy atom. The molecule has 3 rings (SSSR count). The first kappa shape index (κ1) is 15.0. The van der Waals surface area contributed by atoms with Gasteiger partial charge in [0.05, 0.1) is 7.11 Å². The number of benzene rings is 1. The van der Waals surface area contributed by atoms with Gasteiger partial charge in [-0.1, -0.05) is 12.1 Å². The molecule has 2 aliphatic carbocycles. The predicted molar refractivity (Wildman–Crippen MR) is 84.9 cm³/mol. The summed E-state index contributed by atoms with van der Waals surface area (Å²) in [5.41, 5.74) is 2.84. The van der Waals surface area contributed by atoms with E-state index in [1.807, 2.05) is 25.1 Å². The highest BCUT2D eigenvalue weighted by Gasteiger charge is 2.46. The molecule has 0 spiro atoms. The van der Waals surface area contributed by atoms with Crippen molar-refractivity contribution in [1.29, 1.82) is 0 Å². The highest BCUT2D eigenvalue weighted by Crippen LogP contribution is 2.48. The fourth-order valence-corrected chi connectivity index (χ4v) is 3.80. The zero-order valence-electron chi connectivity index (χ0n) is 13.3. The van der Waals surface area contributed by atoms with Gasteiger partial charge in [0, 0.05) is 18.3 Å². The monoisotopic (exact) mass is 298 g/mol. The second-order valence-corrected chi connectivity index (χ2v) is 6.49. The van der Waals surface area contributed by atoms with Crippen LogP contribution in [0.3, 0.4) is 0 Å². The van der Waals surface area contributed by atoms with E-state index < -0.39 is 0 Å². The van der Waals surface area contributed by atoms with Gasteiger partial charge in [-0.25, -0.2) is 0 Å². The normalized spacial score (nSPS) is 24.6. The van der Waals surface area contributed by atoms with E-state index in [0.717, 1.165) is 41.7 Å². The number of rotatable bonds is 4. The molecule has 0 saturated heterocycles. The van der Waals surface area contributed by atoms with E-state index >= 15 is 0 Å². The minimum Gasteiger partial charge on any atom is -0.497 e. The number of ether oxygens (including phenoxy) is 1. The van der Waals surface area contributed by atoms with E-state index in [1.165, 1.54) is 0 Å². The maximum absolute atomic E-state index is 12.3. The Kier molecular flexibility index (Phi) is 3.90. The summed E-state index contributed by atoms with van der Waals surface area (Å²) in [6.45, 7) is 2.02. The molecule has 2 aliphatic rings. The Hall–Kier alpha value is -1.90. The number of carbonyl (C=O) groups excluding carboxylic acids is 2. The first-order valence-electron chi connectivity index (χ1n) is 7.96. The summed E-state index contributed by atoms with van der Waals surface area (Å²) in [6.07, 6.45) is 4.12. The van der Waals surface area contributed by atoms with Crippen molar-refractivity contribution >= 4 is 11.6 Å². The van der Waals surface area contributed by atoms with Crippen molar-refractivity contribution in [2.45, 2.75) is 45.4 Å². The Labute approximate surface area is 131 Å². The van der Waals surface area contributed by atoms with Crippen LogP contribution in [-0.4, -0.2) is 18.7 Å². The summed E-state index contributed by atoms with van der Waals surface area (Å²) in [4.78, 5) is 24.5. The molecular weight excluding hydrogens is 276 g/mol. The highest BCUT2D eigenvalue weighted by molar-refractivity contribution is 6.02. The van der Waals surface area contributed by atoms with Gasteiger partial charge < -0.3 is 4.74 Å². The van der Waals surface area contributed by atoms with E-state index in [9.17, 15) is 9.59 Å². The standard InChI is InChI=1S/C19H22O3/c1-19-11-10-17(20)15(16(19)8-9-18(19)21)7-6-13-4-3-5-14(12-13)22-2/h3-5,12H,6-11H2,1-2H3/t19-/m1/s1. The minimum absolute atomic E-state index is 0.241. The molecule has 0 aliphatic heterocycles. The van der Waals surface area contributed by atoms with Crippen molar-refractivity contribution in [3.05, 3.63) is 41.0 Å². The molecule has 1 aromatic carbocycles. The van der Waals surface area contributed by atoms with E-state index in [-0.39, 0.29) is 11.2 Å². The Balaban J connectivity index is 1.83. The summed E-state index contributed by atoms with van der Waals surface area (Å²) in [6, 6.07) is 7.96. The number of fused-ring (bicyclic) bond motifs is 1. The number of hydrogen-bond acceptors (Lipinski definition) is 3. The molecule has 0 N–H and O–H groups in total. The quantitative estimate of drug-likeness (QED) is 0.852. The van der Waals surface area contributed by atoms with Crippen LogP contribution in [0.25, 0.3) is 0 Å². The lowest BCUT2D eigenvalue weighted by molar-refractivity contribution is -0.125. The number of Topliss-reactive ketones (excluding diaryl/α,β-unsaturated/α-hetero) is 2. The highest BCUT2D eigenvalue weighted by atomic mass is 16.5. The first-order valence-corrected chi connectivity index (χ1v) is 7.96. The Morgan fingerprint density at radius 2 is 1.95 bits per heavy atom. The summed E-state index contributed by atoms with van der Waals surface area (Å²) >= 11 is 0. The molecule has 116 valence electrons. The lowest BCUT2D eigenvalue weighted by atomic mass is 9.71. The fourth-order valence-electron chi connectivity index (χ4n) is 3.80. The van der Waals surface area contributed by atoms with Crippen LogP contribution in [0.2, 0.25) is 0 Å². The van der Waals surface area contributed by atoms with Gasteiger partial charge >= 0.3 is 0 Å². The van der Waals surface area contributed by atoms with E-state index in [0.29, 0.717) is 25.0 Å². The Morgan fingerprint density at radius 1 is 1.14 bits per heavy atom. The lowest BCUT2D eigenvalue weighted by Crippen LogP contribution is -2.30. The molecule has 22 heavy (non-hydrogen) atoms. The third-order valence-electron chi connectivity index (χ3n) is 5.23. The van der Waals surface area contributed by atoms with E-state index in [2.05, 4.69) is 6.07 Å². The van der Waals surface area contributed by atoms with Crippen molar-refractivity contribution in [1.82, 2.24) is 0 Å².